The zero-order valence-electron chi connectivity index (χ0n) is 17.6. The monoisotopic (exact) mass is 413 g/mol. The highest BCUT2D eigenvalue weighted by Crippen LogP contribution is 2.39. The molecule has 158 valence electrons. The van der Waals surface area contributed by atoms with E-state index in [-0.39, 0.29) is 17.9 Å². The molecule has 4 nitrogen and oxygen atoms in total. The van der Waals surface area contributed by atoms with Crippen LogP contribution in [0.3, 0.4) is 0 Å². The number of benzene rings is 3. The van der Waals surface area contributed by atoms with E-state index in [1.54, 1.807) is 0 Å². The molecular formula is C27H27NO3. The van der Waals surface area contributed by atoms with Gasteiger partial charge in [0.15, 0.2) is 11.5 Å². The molecule has 2 aliphatic heterocycles. The van der Waals surface area contributed by atoms with Crippen molar-refractivity contribution in [3.63, 3.8) is 0 Å². The lowest BCUT2D eigenvalue weighted by Gasteiger charge is -2.28. The van der Waals surface area contributed by atoms with E-state index in [9.17, 15) is 4.79 Å². The van der Waals surface area contributed by atoms with E-state index >= 15 is 0 Å². The summed E-state index contributed by atoms with van der Waals surface area (Å²) in [5.41, 5.74) is 3.49. The zero-order valence-corrected chi connectivity index (χ0v) is 17.6. The molecule has 3 aromatic carbocycles. The van der Waals surface area contributed by atoms with Crippen LogP contribution in [0.4, 0.5) is 0 Å². The number of likely N-dealkylation sites (tertiary alicyclic amines) is 1. The Bertz CT molecular complexity index is 995. The Labute approximate surface area is 183 Å². The van der Waals surface area contributed by atoms with E-state index in [1.165, 1.54) is 11.1 Å². The molecule has 1 saturated heterocycles. The maximum atomic E-state index is 13.5. The fourth-order valence-corrected chi connectivity index (χ4v) is 4.77. The fraction of sp³-hybridized carbons (Fsp3) is 0.296. The number of hydrogen-bond donors (Lipinski definition) is 0. The van der Waals surface area contributed by atoms with Crippen LogP contribution in [0.5, 0.6) is 11.5 Å². The molecule has 0 aliphatic carbocycles. The van der Waals surface area contributed by atoms with E-state index < -0.39 is 0 Å². The molecule has 2 aliphatic rings. The van der Waals surface area contributed by atoms with Crippen LogP contribution in [0.15, 0.2) is 78.9 Å². The summed E-state index contributed by atoms with van der Waals surface area (Å²) in [5.74, 6) is 1.83. The fourth-order valence-electron chi connectivity index (χ4n) is 4.77. The Kier molecular flexibility index (Phi) is 5.61. The van der Waals surface area contributed by atoms with Gasteiger partial charge in [-0.2, -0.15) is 0 Å². The van der Waals surface area contributed by atoms with Gasteiger partial charge in [-0.25, -0.2) is 0 Å². The molecule has 1 fully saturated rings. The van der Waals surface area contributed by atoms with Crippen molar-refractivity contribution in [2.45, 2.75) is 31.2 Å². The highest BCUT2D eigenvalue weighted by Gasteiger charge is 2.32. The number of nitrogens with zero attached hydrogens (tertiary/aromatic N) is 1. The minimum absolute atomic E-state index is 0.0522. The van der Waals surface area contributed by atoms with Crippen molar-refractivity contribution >= 4 is 5.91 Å². The first-order valence-corrected chi connectivity index (χ1v) is 11.1. The van der Waals surface area contributed by atoms with Crippen LogP contribution in [-0.4, -0.2) is 30.6 Å². The summed E-state index contributed by atoms with van der Waals surface area (Å²) in [5, 5.41) is 0. The Morgan fingerprint density at radius 1 is 0.871 bits per heavy atom. The van der Waals surface area contributed by atoms with Gasteiger partial charge < -0.3 is 14.4 Å². The smallest absolute Gasteiger partial charge is 0.224 e. The minimum atomic E-state index is 0.0522. The van der Waals surface area contributed by atoms with E-state index in [0.29, 0.717) is 19.6 Å². The zero-order chi connectivity index (χ0) is 21.0. The first kappa shape index (κ1) is 19.7. The van der Waals surface area contributed by atoms with Crippen LogP contribution in [0.2, 0.25) is 0 Å². The maximum Gasteiger partial charge on any atom is 0.224 e. The Balaban J connectivity index is 1.39. The maximum absolute atomic E-state index is 13.5. The molecule has 1 atom stereocenters. The van der Waals surface area contributed by atoms with Gasteiger partial charge in [0.1, 0.15) is 13.2 Å². The number of carbonyl (C=O) groups is 1. The van der Waals surface area contributed by atoms with Crippen LogP contribution >= 0.6 is 0 Å². The van der Waals surface area contributed by atoms with Crippen molar-refractivity contribution in [2.75, 3.05) is 19.8 Å². The predicted molar refractivity (Wildman–Crippen MR) is 120 cm³/mol. The van der Waals surface area contributed by atoms with Gasteiger partial charge in [0.2, 0.25) is 5.91 Å². The molecular weight excluding hydrogens is 386 g/mol. The molecule has 4 heteroatoms. The lowest BCUT2D eigenvalue weighted by Crippen LogP contribution is -2.32. The lowest BCUT2D eigenvalue weighted by molar-refractivity contribution is -0.132. The molecule has 0 aromatic heterocycles. The molecule has 0 unspecified atom stereocenters. The second-order valence-electron chi connectivity index (χ2n) is 8.23. The van der Waals surface area contributed by atoms with E-state index in [2.05, 4.69) is 41.3 Å². The van der Waals surface area contributed by atoms with Crippen molar-refractivity contribution in [1.82, 2.24) is 4.90 Å². The summed E-state index contributed by atoms with van der Waals surface area (Å²) in [6.45, 7) is 1.95. The second kappa shape index (κ2) is 8.84. The SMILES string of the molecule is O=C(CC(c1ccccc1)c1ccccc1)N1CCC[C@H]1c1ccc2c(c1)OCCO2. The Morgan fingerprint density at radius 3 is 2.19 bits per heavy atom. The summed E-state index contributed by atoms with van der Waals surface area (Å²) >= 11 is 0. The van der Waals surface area contributed by atoms with Crippen LogP contribution in [-0.2, 0) is 4.79 Å². The lowest BCUT2D eigenvalue weighted by atomic mass is 9.88. The van der Waals surface area contributed by atoms with Gasteiger partial charge in [-0.05, 0) is 41.7 Å². The first-order chi connectivity index (χ1) is 15.3. The first-order valence-electron chi connectivity index (χ1n) is 11.1. The summed E-state index contributed by atoms with van der Waals surface area (Å²) in [4.78, 5) is 15.6. The molecule has 1 amide bonds. The van der Waals surface area contributed by atoms with Crippen LogP contribution < -0.4 is 9.47 Å². The van der Waals surface area contributed by atoms with Crippen LogP contribution in [0, 0.1) is 0 Å². The van der Waals surface area contributed by atoms with Crippen molar-refractivity contribution in [3.05, 3.63) is 95.6 Å². The predicted octanol–water partition coefficient (Wildman–Crippen LogP) is 5.34. The molecule has 2 heterocycles. The van der Waals surface area contributed by atoms with Gasteiger partial charge in [0.25, 0.3) is 0 Å². The topological polar surface area (TPSA) is 38.8 Å². The van der Waals surface area contributed by atoms with E-state index in [1.807, 2.05) is 42.5 Å². The summed E-state index contributed by atoms with van der Waals surface area (Å²) in [6.07, 6.45) is 2.47. The number of fused-ring (bicyclic) bond motifs is 1. The molecule has 31 heavy (non-hydrogen) atoms. The highest BCUT2D eigenvalue weighted by molar-refractivity contribution is 5.78. The number of rotatable bonds is 5. The molecule has 5 rings (SSSR count). The minimum Gasteiger partial charge on any atom is -0.486 e. The summed E-state index contributed by atoms with van der Waals surface area (Å²) < 4.78 is 11.4. The number of amides is 1. The largest absolute Gasteiger partial charge is 0.486 e. The van der Waals surface area contributed by atoms with Gasteiger partial charge in [-0.15, -0.1) is 0 Å². The third-order valence-corrected chi connectivity index (χ3v) is 6.31. The molecule has 0 spiro atoms. The standard InChI is InChI=1S/C27H27NO3/c29-27(19-23(20-8-3-1-4-9-20)21-10-5-2-6-11-21)28-15-7-12-24(28)22-13-14-25-26(18-22)31-17-16-30-25/h1-6,8-11,13-14,18,23-24H,7,12,15-17,19H2/t24-/m0/s1. The molecule has 0 bridgehead atoms. The average Bonchev–Trinajstić information content (AvgIpc) is 3.33. The van der Waals surface area contributed by atoms with E-state index in [0.717, 1.165) is 36.4 Å². The summed E-state index contributed by atoms with van der Waals surface area (Å²) in [7, 11) is 0. The molecule has 0 N–H and O–H groups in total. The van der Waals surface area contributed by atoms with Crippen molar-refractivity contribution in [2.24, 2.45) is 0 Å². The molecule has 3 aromatic rings. The quantitative estimate of drug-likeness (QED) is 0.566. The van der Waals surface area contributed by atoms with Crippen LogP contribution in [0.25, 0.3) is 0 Å². The van der Waals surface area contributed by atoms with Gasteiger partial charge in [0, 0.05) is 18.9 Å². The Hall–Kier alpha value is -3.27. The van der Waals surface area contributed by atoms with Crippen molar-refractivity contribution < 1.29 is 14.3 Å². The average molecular weight is 414 g/mol. The van der Waals surface area contributed by atoms with Crippen molar-refractivity contribution in [1.29, 1.82) is 0 Å². The molecule has 0 radical (unpaired) electrons. The van der Waals surface area contributed by atoms with Crippen LogP contribution in [0.1, 0.15) is 47.9 Å². The third kappa shape index (κ3) is 4.15. The van der Waals surface area contributed by atoms with Gasteiger partial charge >= 0.3 is 0 Å². The number of hydrogen-bond acceptors (Lipinski definition) is 3. The van der Waals surface area contributed by atoms with Gasteiger partial charge in [-0.3, -0.25) is 4.79 Å². The number of ether oxygens (including phenoxy) is 2. The normalized spacial score (nSPS) is 17.7. The molecule has 0 saturated carbocycles. The second-order valence-corrected chi connectivity index (χ2v) is 8.23. The highest BCUT2D eigenvalue weighted by atomic mass is 16.6. The summed E-state index contributed by atoms with van der Waals surface area (Å²) in [6, 6.07) is 26.9. The number of carbonyl (C=O) groups excluding carboxylic acids is 1. The van der Waals surface area contributed by atoms with Gasteiger partial charge in [-0.1, -0.05) is 66.7 Å². The van der Waals surface area contributed by atoms with Gasteiger partial charge in [0.05, 0.1) is 6.04 Å². The van der Waals surface area contributed by atoms with E-state index in [4.69, 9.17) is 9.47 Å². The van der Waals surface area contributed by atoms with Crippen molar-refractivity contribution in [3.8, 4) is 11.5 Å². The Morgan fingerprint density at radius 2 is 1.52 bits per heavy atom. The third-order valence-electron chi connectivity index (χ3n) is 6.31.